The number of aromatic nitrogens is 1. The van der Waals surface area contributed by atoms with Gasteiger partial charge < -0.3 is 9.47 Å². The molecule has 2 aromatic rings. The van der Waals surface area contributed by atoms with Crippen molar-refractivity contribution in [3.8, 4) is 11.6 Å². The molecule has 0 aliphatic carbocycles. The number of benzene rings is 1. The van der Waals surface area contributed by atoms with Crippen LogP contribution in [0.5, 0.6) is 11.6 Å². The van der Waals surface area contributed by atoms with E-state index in [0.717, 1.165) is 11.6 Å². The molecular formula is C18H21FN2O4S. The molecule has 1 aliphatic rings. The van der Waals surface area contributed by atoms with Gasteiger partial charge >= 0.3 is 0 Å². The number of nitrogens with zero attached hydrogens (tertiary/aromatic N) is 2. The average molecular weight is 380 g/mol. The summed E-state index contributed by atoms with van der Waals surface area (Å²) >= 11 is 0. The molecule has 0 bridgehead atoms. The van der Waals surface area contributed by atoms with Crippen molar-refractivity contribution < 1.29 is 22.3 Å². The van der Waals surface area contributed by atoms with E-state index >= 15 is 0 Å². The Hall–Kier alpha value is -2.19. The van der Waals surface area contributed by atoms with E-state index in [9.17, 15) is 12.8 Å². The molecule has 6 nitrogen and oxygen atoms in total. The fourth-order valence-electron chi connectivity index (χ4n) is 2.77. The summed E-state index contributed by atoms with van der Waals surface area (Å²) in [6.45, 7) is 4.48. The maximum Gasteiger partial charge on any atom is 0.243 e. The lowest BCUT2D eigenvalue weighted by Crippen LogP contribution is -2.31. The molecule has 1 fully saturated rings. The Morgan fingerprint density at radius 2 is 2.12 bits per heavy atom. The molecule has 1 atom stereocenters. The molecule has 0 radical (unpaired) electrons. The van der Waals surface area contributed by atoms with Gasteiger partial charge in [0.25, 0.3) is 0 Å². The number of sulfonamides is 1. The Labute approximate surface area is 152 Å². The predicted octanol–water partition coefficient (Wildman–Crippen LogP) is 2.77. The zero-order valence-corrected chi connectivity index (χ0v) is 15.5. The van der Waals surface area contributed by atoms with Crippen LogP contribution in [-0.4, -0.2) is 43.5 Å². The molecule has 2 heterocycles. The quantitative estimate of drug-likeness (QED) is 0.771. The van der Waals surface area contributed by atoms with Crippen LogP contribution in [0.25, 0.3) is 0 Å². The molecule has 1 saturated heterocycles. The number of halogens is 1. The standard InChI is InChI=1S/C18H21FN2O4S/c1-3-24-17-6-5-15(10-16(17)19)26(22,23)21-9-8-14(12-21)25-18-7-4-13(2)11-20-18/h4-7,10-11,14H,3,8-9,12H2,1-2H3/t14-/m0/s1. The molecular weight excluding hydrogens is 359 g/mol. The summed E-state index contributed by atoms with van der Waals surface area (Å²) in [5.74, 6) is -0.185. The van der Waals surface area contributed by atoms with Crippen LogP contribution < -0.4 is 9.47 Å². The van der Waals surface area contributed by atoms with Crippen LogP contribution in [0.15, 0.2) is 41.4 Å². The summed E-state index contributed by atoms with van der Waals surface area (Å²) in [5.41, 5.74) is 1.02. The van der Waals surface area contributed by atoms with Crippen LogP contribution >= 0.6 is 0 Å². The largest absolute Gasteiger partial charge is 0.491 e. The minimum absolute atomic E-state index is 0.0412. The molecule has 0 spiro atoms. The zero-order valence-electron chi connectivity index (χ0n) is 14.7. The van der Waals surface area contributed by atoms with E-state index in [1.54, 1.807) is 19.2 Å². The second-order valence-corrected chi connectivity index (χ2v) is 8.03. The Kier molecular flexibility index (Phi) is 5.43. The number of aryl methyl sites for hydroxylation is 1. The van der Waals surface area contributed by atoms with E-state index in [4.69, 9.17) is 9.47 Å². The van der Waals surface area contributed by atoms with Crippen LogP contribution in [0.1, 0.15) is 18.9 Å². The molecule has 0 saturated carbocycles. The van der Waals surface area contributed by atoms with Crippen molar-refractivity contribution in [2.24, 2.45) is 0 Å². The summed E-state index contributed by atoms with van der Waals surface area (Å²) in [7, 11) is -3.79. The van der Waals surface area contributed by atoms with Gasteiger partial charge in [-0.05, 0) is 44.0 Å². The highest BCUT2D eigenvalue weighted by atomic mass is 32.2. The van der Waals surface area contributed by atoms with E-state index in [0.29, 0.717) is 25.5 Å². The summed E-state index contributed by atoms with van der Waals surface area (Å²) in [5, 5.41) is 0. The smallest absolute Gasteiger partial charge is 0.243 e. The normalized spacial score (nSPS) is 18.0. The van der Waals surface area contributed by atoms with Crippen LogP contribution in [0, 0.1) is 12.7 Å². The Morgan fingerprint density at radius 3 is 2.77 bits per heavy atom. The van der Waals surface area contributed by atoms with Gasteiger partial charge in [-0.25, -0.2) is 17.8 Å². The van der Waals surface area contributed by atoms with Gasteiger partial charge in [0, 0.05) is 18.8 Å². The monoisotopic (exact) mass is 380 g/mol. The summed E-state index contributed by atoms with van der Waals surface area (Å²) in [4.78, 5) is 4.08. The molecule has 1 aliphatic heterocycles. The Balaban J connectivity index is 1.70. The predicted molar refractivity (Wildman–Crippen MR) is 94.3 cm³/mol. The van der Waals surface area contributed by atoms with Crippen molar-refractivity contribution in [1.82, 2.24) is 9.29 Å². The fraction of sp³-hybridized carbons (Fsp3) is 0.389. The molecule has 8 heteroatoms. The maximum absolute atomic E-state index is 14.0. The number of rotatable bonds is 6. The van der Waals surface area contributed by atoms with E-state index in [1.807, 2.05) is 13.0 Å². The summed E-state index contributed by atoms with van der Waals surface area (Å²) < 4.78 is 51.7. The molecule has 1 aromatic carbocycles. The lowest BCUT2D eigenvalue weighted by molar-refractivity contribution is 0.207. The van der Waals surface area contributed by atoms with Gasteiger partial charge in [0.05, 0.1) is 18.0 Å². The first-order chi connectivity index (χ1) is 12.4. The molecule has 26 heavy (non-hydrogen) atoms. The molecule has 0 N–H and O–H groups in total. The van der Waals surface area contributed by atoms with Gasteiger partial charge in [-0.3, -0.25) is 0 Å². The van der Waals surface area contributed by atoms with Crippen molar-refractivity contribution in [3.63, 3.8) is 0 Å². The minimum atomic E-state index is -3.79. The van der Waals surface area contributed by atoms with E-state index in [-0.39, 0.29) is 23.3 Å². The van der Waals surface area contributed by atoms with Crippen molar-refractivity contribution in [2.45, 2.75) is 31.3 Å². The number of ether oxygens (including phenoxy) is 2. The first-order valence-corrected chi connectivity index (χ1v) is 9.86. The highest BCUT2D eigenvalue weighted by Gasteiger charge is 2.34. The molecule has 1 aromatic heterocycles. The second-order valence-electron chi connectivity index (χ2n) is 6.09. The van der Waals surface area contributed by atoms with Gasteiger partial charge in [-0.15, -0.1) is 0 Å². The number of hydrogen-bond acceptors (Lipinski definition) is 5. The van der Waals surface area contributed by atoms with E-state index < -0.39 is 15.8 Å². The van der Waals surface area contributed by atoms with Crippen LogP contribution in [-0.2, 0) is 10.0 Å². The minimum Gasteiger partial charge on any atom is -0.491 e. The van der Waals surface area contributed by atoms with Crippen molar-refractivity contribution in [1.29, 1.82) is 0 Å². The summed E-state index contributed by atoms with van der Waals surface area (Å²) in [6, 6.07) is 7.34. The van der Waals surface area contributed by atoms with Crippen LogP contribution in [0.4, 0.5) is 4.39 Å². The third kappa shape index (κ3) is 3.96. The van der Waals surface area contributed by atoms with E-state index in [1.165, 1.54) is 16.4 Å². The lowest BCUT2D eigenvalue weighted by atomic mass is 10.3. The molecule has 0 amide bonds. The topological polar surface area (TPSA) is 68.7 Å². The van der Waals surface area contributed by atoms with Crippen molar-refractivity contribution in [2.75, 3.05) is 19.7 Å². The van der Waals surface area contributed by atoms with Gasteiger partial charge in [0.15, 0.2) is 11.6 Å². The van der Waals surface area contributed by atoms with Gasteiger partial charge in [0.2, 0.25) is 15.9 Å². The lowest BCUT2D eigenvalue weighted by Gasteiger charge is -2.17. The van der Waals surface area contributed by atoms with Crippen molar-refractivity contribution >= 4 is 10.0 Å². The fourth-order valence-corrected chi connectivity index (χ4v) is 4.27. The first-order valence-electron chi connectivity index (χ1n) is 8.42. The third-order valence-electron chi connectivity index (χ3n) is 4.12. The van der Waals surface area contributed by atoms with Crippen LogP contribution in [0.2, 0.25) is 0 Å². The average Bonchev–Trinajstić information content (AvgIpc) is 3.08. The Bertz CT molecular complexity index is 871. The van der Waals surface area contributed by atoms with E-state index in [2.05, 4.69) is 4.98 Å². The van der Waals surface area contributed by atoms with Gasteiger partial charge in [-0.1, -0.05) is 6.07 Å². The highest BCUT2D eigenvalue weighted by Crippen LogP contribution is 2.27. The first kappa shape index (κ1) is 18.6. The van der Waals surface area contributed by atoms with Crippen LogP contribution in [0.3, 0.4) is 0 Å². The van der Waals surface area contributed by atoms with Gasteiger partial charge in [0.1, 0.15) is 6.10 Å². The number of pyridine rings is 1. The second kappa shape index (κ2) is 7.59. The molecule has 0 unspecified atom stereocenters. The third-order valence-corrected chi connectivity index (χ3v) is 5.98. The molecule has 3 rings (SSSR count). The zero-order chi connectivity index (χ0) is 18.7. The molecule has 140 valence electrons. The van der Waals surface area contributed by atoms with Crippen molar-refractivity contribution in [3.05, 3.63) is 47.9 Å². The maximum atomic E-state index is 14.0. The SMILES string of the molecule is CCOc1ccc(S(=O)(=O)N2CC[C@H](Oc3ccc(C)cn3)C2)cc1F. The number of hydrogen-bond donors (Lipinski definition) is 0. The Morgan fingerprint density at radius 1 is 1.31 bits per heavy atom. The summed E-state index contributed by atoms with van der Waals surface area (Å²) in [6.07, 6.45) is 1.96. The van der Waals surface area contributed by atoms with Gasteiger partial charge in [-0.2, -0.15) is 4.31 Å². The highest BCUT2D eigenvalue weighted by molar-refractivity contribution is 7.89.